The molecule has 0 spiro atoms. The van der Waals surface area contributed by atoms with Gasteiger partial charge in [-0.05, 0) is 24.1 Å². The first-order valence-corrected chi connectivity index (χ1v) is 7.24. The van der Waals surface area contributed by atoms with Gasteiger partial charge in [0.05, 0.1) is 17.4 Å². The Morgan fingerprint density at radius 1 is 1.29 bits per heavy atom. The van der Waals surface area contributed by atoms with Crippen LogP contribution in [0.5, 0.6) is 0 Å². The summed E-state index contributed by atoms with van der Waals surface area (Å²) in [5.74, 6) is -1.16. The summed E-state index contributed by atoms with van der Waals surface area (Å²) in [5.41, 5.74) is 1.95. The third-order valence-electron chi connectivity index (χ3n) is 3.59. The van der Waals surface area contributed by atoms with Crippen molar-refractivity contribution < 1.29 is 19.4 Å². The average molecular weight is 325 g/mol. The number of hydrogen-bond donors (Lipinski definition) is 3. The number of aromatic nitrogens is 2. The number of carbonyl (C=O) groups excluding carboxylic acids is 1. The van der Waals surface area contributed by atoms with Gasteiger partial charge >= 0.3 is 12.1 Å². The lowest BCUT2D eigenvalue weighted by Crippen LogP contribution is -2.17. The Kier molecular flexibility index (Phi) is 4.15. The number of benzene rings is 2. The van der Waals surface area contributed by atoms with Crippen molar-refractivity contribution >= 4 is 28.7 Å². The summed E-state index contributed by atoms with van der Waals surface area (Å²) in [7, 11) is 0. The summed E-state index contributed by atoms with van der Waals surface area (Å²) >= 11 is 0. The molecule has 3 aromatic rings. The number of nitrogens with zero attached hydrogens (tertiary/aromatic N) is 1. The van der Waals surface area contributed by atoms with E-state index in [2.05, 4.69) is 15.5 Å². The summed E-state index contributed by atoms with van der Waals surface area (Å²) in [6.45, 7) is 1.81. The van der Waals surface area contributed by atoms with Crippen molar-refractivity contribution in [1.82, 2.24) is 10.2 Å². The molecule has 0 radical (unpaired) electrons. The van der Waals surface area contributed by atoms with Crippen molar-refractivity contribution in [1.29, 1.82) is 0 Å². The van der Waals surface area contributed by atoms with Crippen LogP contribution in [0.1, 0.15) is 21.5 Å². The molecule has 1 aromatic heterocycles. The number of aryl methyl sites for hydroxylation is 1. The van der Waals surface area contributed by atoms with Gasteiger partial charge in [0.15, 0.2) is 0 Å². The Bertz CT molecular complexity index is 903. The molecule has 24 heavy (non-hydrogen) atoms. The van der Waals surface area contributed by atoms with Crippen molar-refractivity contribution in [2.24, 2.45) is 0 Å². The van der Waals surface area contributed by atoms with E-state index in [4.69, 9.17) is 4.74 Å². The molecule has 0 atom stereocenters. The molecular formula is C17H15N3O4. The number of ether oxygens (including phenoxy) is 1. The van der Waals surface area contributed by atoms with Crippen LogP contribution in [0.15, 0.2) is 42.6 Å². The summed E-state index contributed by atoms with van der Waals surface area (Å²) in [5, 5.41) is 19.2. The van der Waals surface area contributed by atoms with E-state index in [0.717, 1.165) is 5.56 Å². The molecule has 0 saturated carbocycles. The zero-order chi connectivity index (χ0) is 17.1. The summed E-state index contributed by atoms with van der Waals surface area (Å²) in [4.78, 5) is 23.6. The fourth-order valence-electron chi connectivity index (χ4n) is 2.47. The van der Waals surface area contributed by atoms with Gasteiger partial charge in [-0.25, -0.2) is 9.59 Å². The molecular weight excluding hydrogens is 310 g/mol. The molecule has 2 aromatic carbocycles. The molecule has 122 valence electrons. The lowest BCUT2D eigenvalue weighted by atomic mass is 10.0. The van der Waals surface area contributed by atoms with Gasteiger partial charge < -0.3 is 9.84 Å². The molecule has 7 nitrogen and oxygen atoms in total. The molecule has 3 rings (SSSR count). The number of aromatic carboxylic acids is 1. The predicted octanol–water partition coefficient (Wildman–Crippen LogP) is 3.32. The molecule has 0 fully saturated rings. The normalized spacial score (nSPS) is 10.5. The third kappa shape index (κ3) is 3.05. The highest BCUT2D eigenvalue weighted by molar-refractivity contribution is 6.10. The number of aromatic amines is 1. The standard InChI is InChI=1S/C17H15N3O4/c1-10-7-12-8-18-20-15(12)13(16(21)22)14(10)19-17(23)24-9-11-5-3-2-4-6-11/h2-8H,9H2,1H3,(H,18,20)(H,19,23)(H,21,22). The number of carbonyl (C=O) groups is 2. The molecule has 1 heterocycles. The Hall–Kier alpha value is -3.35. The number of H-pyrrole nitrogens is 1. The van der Waals surface area contributed by atoms with Crippen LogP contribution in [0.2, 0.25) is 0 Å². The lowest BCUT2D eigenvalue weighted by molar-refractivity contribution is 0.0700. The number of fused-ring (bicyclic) bond motifs is 1. The van der Waals surface area contributed by atoms with Gasteiger partial charge in [0, 0.05) is 5.39 Å². The van der Waals surface area contributed by atoms with Crippen LogP contribution in [0, 0.1) is 6.92 Å². The lowest BCUT2D eigenvalue weighted by Gasteiger charge is -2.13. The van der Waals surface area contributed by atoms with Gasteiger partial charge in [-0.2, -0.15) is 5.10 Å². The van der Waals surface area contributed by atoms with E-state index in [1.807, 2.05) is 30.3 Å². The number of nitrogens with one attached hydrogen (secondary N) is 2. The fraction of sp³-hybridized carbons (Fsp3) is 0.118. The van der Waals surface area contributed by atoms with E-state index in [9.17, 15) is 14.7 Å². The minimum absolute atomic E-state index is 0.0424. The highest BCUT2D eigenvalue weighted by Crippen LogP contribution is 2.29. The summed E-state index contributed by atoms with van der Waals surface area (Å²) in [6.07, 6.45) is 0.815. The summed E-state index contributed by atoms with van der Waals surface area (Å²) < 4.78 is 5.15. The highest BCUT2D eigenvalue weighted by Gasteiger charge is 2.20. The second kappa shape index (κ2) is 6.41. The Morgan fingerprint density at radius 3 is 2.75 bits per heavy atom. The van der Waals surface area contributed by atoms with E-state index in [-0.39, 0.29) is 17.9 Å². The monoisotopic (exact) mass is 325 g/mol. The van der Waals surface area contributed by atoms with Crippen molar-refractivity contribution in [2.45, 2.75) is 13.5 Å². The van der Waals surface area contributed by atoms with E-state index in [1.54, 1.807) is 13.0 Å². The minimum atomic E-state index is -1.16. The number of amides is 1. The molecule has 7 heteroatoms. The SMILES string of the molecule is Cc1cc2cn[nH]c2c(C(=O)O)c1NC(=O)OCc1ccccc1. The van der Waals surface area contributed by atoms with Crippen LogP contribution in [-0.4, -0.2) is 27.4 Å². The topological polar surface area (TPSA) is 104 Å². The van der Waals surface area contributed by atoms with Gasteiger partial charge in [-0.3, -0.25) is 10.4 Å². The van der Waals surface area contributed by atoms with Crippen LogP contribution in [-0.2, 0) is 11.3 Å². The van der Waals surface area contributed by atoms with Crippen LogP contribution in [0.3, 0.4) is 0 Å². The molecule has 0 bridgehead atoms. The second-order valence-electron chi connectivity index (χ2n) is 5.27. The van der Waals surface area contributed by atoms with E-state index < -0.39 is 12.1 Å². The van der Waals surface area contributed by atoms with Gasteiger partial charge in [0.2, 0.25) is 0 Å². The largest absolute Gasteiger partial charge is 0.478 e. The van der Waals surface area contributed by atoms with Crippen LogP contribution >= 0.6 is 0 Å². The maximum atomic E-state index is 12.0. The van der Waals surface area contributed by atoms with Crippen molar-refractivity contribution in [3.63, 3.8) is 0 Å². The first kappa shape index (κ1) is 15.5. The molecule has 0 aliphatic carbocycles. The quantitative estimate of drug-likeness (QED) is 0.682. The van der Waals surface area contributed by atoms with Crippen molar-refractivity contribution in [2.75, 3.05) is 5.32 Å². The second-order valence-corrected chi connectivity index (χ2v) is 5.27. The zero-order valence-electron chi connectivity index (χ0n) is 12.9. The fourth-order valence-corrected chi connectivity index (χ4v) is 2.47. The van der Waals surface area contributed by atoms with Gasteiger partial charge in [0.1, 0.15) is 12.2 Å². The average Bonchev–Trinajstić information content (AvgIpc) is 3.01. The van der Waals surface area contributed by atoms with Crippen LogP contribution < -0.4 is 5.32 Å². The van der Waals surface area contributed by atoms with E-state index in [1.165, 1.54) is 6.20 Å². The maximum Gasteiger partial charge on any atom is 0.411 e. The number of carboxylic acids is 1. The van der Waals surface area contributed by atoms with Crippen molar-refractivity contribution in [3.8, 4) is 0 Å². The number of anilines is 1. The third-order valence-corrected chi connectivity index (χ3v) is 3.59. The molecule has 0 saturated heterocycles. The smallest absolute Gasteiger partial charge is 0.411 e. The number of hydrogen-bond acceptors (Lipinski definition) is 4. The number of rotatable bonds is 4. The minimum Gasteiger partial charge on any atom is -0.478 e. The first-order valence-electron chi connectivity index (χ1n) is 7.24. The van der Waals surface area contributed by atoms with E-state index in [0.29, 0.717) is 16.5 Å². The molecule has 0 unspecified atom stereocenters. The van der Waals surface area contributed by atoms with Gasteiger partial charge in [-0.1, -0.05) is 30.3 Å². The van der Waals surface area contributed by atoms with E-state index >= 15 is 0 Å². The molecule has 0 aliphatic heterocycles. The Morgan fingerprint density at radius 2 is 2.04 bits per heavy atom. The highest BCUT2D eigenvalue weighted by atomic mass is 16.5. The Balaban J connectivity index is 1.84. The maximum absolute atomic E-state index is 12.0. The van der Waals surface area contributed by atoms with Crippen LogP contribution in [0.4, 0.5) is 10.5 Å². The van der Waals surface area contributed by atoms with Crippen molar-refractivity contribution in [3.05, 3.63) is 59.3 Å². The van der Waals surface area contributed by atoms with Gasteiger partial charge in [-0.15, -0.1) is 0 Å². The van der Waals surface area contributed by atoms with Crippen LogP contribution in [0.25, 0.3) is 10.9 Å². The van der Waals surface area contributed by atoms with Gasteiger partial charge in [0.25, 0.3) is 0 Å². The zero-order valence-corrected chi connectivity index (χ0v) is 12.9. The number of carboxylic acid groups (broad SMARTS) is 1. The Labute approximate surface area is 137 Å². The molecule has 0 aliphatic rings. The predicted molar refractivity (Wildman–Crippen MR) is 88.0 cm³/mol. The first-order chi connectivity index (χ1) is 11.6. The molecule has 3 N–H and O–H groups in total. The summed E-state index contributed by atoms with van der Waals surface area (Å²) in [6, 6.07) is 11.0. The molecule has 1 amide bonds.